The minimum absolute atomic E-state index is 0.256. The summed E-state index contributed by atoms with van der Waals surface area (Å²) in [5.41, 5.74) is 6.74. The highest BCUT2D eigenvalue weighted by molar-refractivity contribution is 7.80. The van der Waals surface area contributed by atoms with Gasteiger partial charge in [0.05, 0.1) is 17.3 Å². The molecule has 1 aromatic rings. The van der Waals surface area contributed by atoms with E-state index in [0.717, 1.165) is 6.42 Å². The topological polar surface area (TPSA) is 70.0 Å². The van der Waals surface area contributed by atoms with Crippen LogP contribution in [0, 0.1) is 0 Å². The van der Waals surface area contributed by atoms with Crippen LogP contribution in [0.3, 0.4) is 0 Å². The summed E-state index contributed by atoms with van der Waals surface area (Å²) < 4.78 is 42.3. The number of hydrogen-bond donors (Lipinski definition) is 3. The van der Waals surface area contributed by atoms with E-state index >= 15 is 0 Å². The Hall–Kier alpha value is -2.27. The minimum atomic E-state index is -4.39. The second kappa shape index (κ2) is 12.3. The van der Waals surface area contributed by atoms with Crippen molar-refractivity contribution in [1.29, 1.82) is 0 Å². The lowest BCUT2D eigenvalue weighted by Gasteiger charge is -2.12. The molecular formula is C18H24F3N5OS2. The van der Waals surface area contributed by atoms with Crippen LogP contribution in [0.15, 0.2) is 34.5 Å². The SMILES string of the molecule is CCCC(=S)NN=C(C)C(=NNC(=S)NCC(F)(F)F)c1ccc(OCC)cc1. The van der Waals surface area contributed by atoms with Gasteiger partial charge in [-0.3, -0.25) is 10.9 Å². The first-order valence-corrected chi connectivity index (χ1v) is 9.73. The van der Waals surface area contributed by atoms with Crippen molar-refractivity contribution in [3.63, 3.8) is 0 Å². The third kappa shape index (κ3) is 10.2. The molecule has 0 amide bonds. The van der Waals surface area contributed by atoms with Gasteiger partial charge < -0.3 is 10.1 Å². The van der Waals surface area contributed by atoms with E-state index in [2.05, 4.69) is 26.4 Å². The van der Waals surface area contributed by atoms with Gasteiger partial charge in [-0.1, -0.05) is 19.1 Å². The van der Waals surface area contributed by atoms with E-state index in [4.69, 9.17) is 29.2 Å². The monoisotopic (exact) mass is 447 g/mol. The molecule has 0 atom stereocenters. The first-order chi connectivity index (χ1) is 13.7. The highest BCUT2D eigenvalue weighted by Gasteiger charge is 2.27. The Bertz CT molecular complexity index is 749. The van der Waals surface area contributed by atoms with Gasteiger partial charge in [0.2, 0.25) is 0 Å². The number of halogens is 3. The molecule has 0 fully saturated rings. The Morgan fingerprint density at radius 1 is 1.07 bits per heavy atom. The van der Waals surface area contributed by atoms with Crippen LogP contribution < -0.4 is 20.9 Å². The molecule has 160 valence electrons. The van der Waals surface area contributed by atoms with Crippen LogP contribution in [0.5, 0.6) is 5.75 Å². The normalized spacial score (nSPS) is 12.3. The molecular weight excluding hydrogens is 423 g/mol. The molecule has 0 radical (unpaired) electrons. The summed E-state index contributed by atoms with van der Waals surface area (Å²) in [6.45, 7) is 4.84. The lowest BCUT2D eigenvalue weighted by Crippen LogP contribution is -2.39. The van der Waals surface area contributed by atoms with Gasteiger partial charge in [-0.25, -0.2) is 0 Å². The van der Waals surface area contributed by atoms with Gasteiger partial charge in [0, 0.05) is 5.56 Å². The van der Waals surface area contributed by atoms with Gasteiger partial charge in [-0.2, -0.15) is 23.4 Å². The average Bonchev–Trinajstić information content (AvgIpc) is 2.66. The van der Waals surface area contributed by atoms with Crippen molar-refractivity contribution < 1.29 is 17.9 Å². The molecule has 1 rings (SSSR count). The minimum Gasteiger partial charge on any atom is -0.494 e. The molecule has 0 aliphatic heterocycles. The maximum Gasteiger partial charge on any atom is 0.405 e. The Morgan fingerprint density at radius 2 is 1.72 bits per heavy atom. The lowest BCUT2D eigenvalue weighted by atomic mass is 10.1. The fourth-order valence-corrected chi connectivity index (χ4v) is 2.41. The van der Waals surface area contributed by atoms with Crippen molar-refractivity contribution in [2.45, 2.75) is 39.8 Å². The Morgan fingerprint density at radius 3 is 2.28 bits per heavy atom. The first-order valence-electron chi connectivity index (χ1n) is 8.91. The Labute approximate surface area is 179 Å². The summed E-state index contributed by atoms with van der Waals surface area (Å²) in [5, 5.41) is 10.2. The van der Waals surface area contributed by atoms with E-state index in [1.54, 1.807) is 31.2 Å². The van der Waals surface area contributed by atoms with Crippen molar-refractivity contribution in [2.24, 2.45) is 10.2 Å². The lowest BCUT2D eigenvalue weighted by molar-refractivity contribution is -0.122. The predicted molar refractivity (Wildman–Crippen MR) is 118 cm³/mol. The molecule has 0 bridgehead atoms. The predicted octanol–water partition coefficient (Wildman–Crippen LogP) is 3.91. The van der Waals surface area contributed by atoms with Gasteiger partial charge in [0.1, 0.15) is 18.0 Å². The summed E-state index contributed by atoms with van der Waals surface area (Å²) in [6, 6.07) is 7.05. The fourth-order valence-electron chi connectivity index (χ4n) is 2.04. The van der Waals surface area contributed by atoms with Gasteiger partial charge >= 0.3 is 6.18 Å². The number of hydrogen-bond acceptors (Lipinski definition) is 5. The average molecular weight is 448 g/mol. The number of alkyl halides is 3. The largest absolute Gasteiger partial charge is 0.494 e. The van der Waals surface area contributed by atoms with Crippen LogP contribution in [0.25, 0.3) is 0 Å². The van der Waals surface area contributed by atoms with Crippen LogP contribution >= 0.6 is 24.4 Å². The molecule has 6 nitrogen and oxygen atoms in total. The van der Waals surface area contributed by atoms with Crippen molar-refractivity contribution in [3.8, 4) is 5.75 Å². The molecule has 3 N–H and O–H groups in total. The number of ether oxygens (including phenoxy) is 1. The Balaban J connectivity index is 3.02. The zero-order valence-corrected chi connectivity index (χ0v) is 18.0. The molecule has 1 aromatic carbocycles. The fraction of sp³-hybridized carbons (Fsp3) is 0.444. The molecule has 0 saturated carbocycles. The van der Waals surface area contributed by atoms with Gasteiger partial charge in [0.15, 0.2) is 5.11 Å². The van der Waals surface area contributed by atoms with E-state index in [-0.39, 0.29) is 5.11 Å². The number of benzene rings is 1. The van der Waals surface area contributed by atoms with Crippen LogP contribution in [0.1, 0.15) is 39.2 Å². The molecule has 11 heteroatoms. The van der Waals surface area contributed by atoms with E-state index in [1.807, 2.05) is 13.8 Å². The van der Waals surface area contributed by atoms with Crippen molar-refractivity contribution >= 4 is 46.0 Å². The summed E-state index contributed by atoms with van der Waals surface area (Å²) in [5.74, 6) is 0.683. The first kappa shape index (κ1) is 24.8. The molecule has 0 saturated heterocycles. The zero-order valence-electron chi connectivity index (χ0n) is 16.4. The summed E-state index contributed by atoms with van der Waals surface area (Å²) in [4.78, 5) is 0.577. The molecule has 0 unspecified atom stereocenters. The quantitative estimate of drug-likeness (QED) is 0.303. The van der Waals surface area contributed by atoms with E-state index in [0.29, 0.717) is 40.8 Å². The third-order valence-corrected chi connectivity index (χ3v) is 3.86. The maximum atomic E-state index is 12.3. The standard InChI is InChI=1S/C18H24F3N5OS2/c1-4-6-15(28)24-23-12(3)16(13-7-9-14(10-8-13)27-5-2)25-26-17(29)22-11-18(19,20)21/h7-10H,4-6,11H2,1-3H3,(H,24,28)(H2,22,26,29). The van der Waals surface area contributed by atoms with E-state index in [9.17, 15) is 13.2 Å². The number of nitrogens with zero attached hydrogens (tertiary/aromatic N) is 2. The number of hydrazone groups is 2. The number of nitrogens with one attached hydrogen (secondary N) is 3. The third-order valence-electron chi connectivity index (χ3n) is 3.33. The maximum absolute atomic E-state index is 12.3. The second-order valence-electron chi connectivity index (χ2n) is 5.81. The highest BCUT2D eigenvalue weighted by Crippen LogP contribution is 2.14. The summed E-state index contributed by atoms with van der Waals surface area (Å²) >= 11 is 10.0. The van der Waals surface area contributed by atoms with Crippen molar-refractivity contribution in [1.82, 2.24) is 16.2 Å². The summed E-state index contributed by atoms with van der Waals surface area (Å²) in [7, 11) is 0. The number of thiocarbonyl (C=S) groups is 2. The molecule has 0 aliphatic carbocycles. The van der Waals surface area contributed by atoms with Gasteiger partial charge in [0.25, 0.3) is 0 Å². The van der Waals surface area contributed by atoms with Gasteiger partial charge in [-0.15, -0.1) is 0 Å². The molecule has 29 heavy (non-hydrogen) atoms. The van der Waals surface area contributed by atoms with Crippen molar-refractivity contribution in [3.05, 3.63) is 29.8 Å². The zero-order chi connectivity index (χ0) is 21.9. The number of rotatable bonds is 9. The van der Waals surface area contributed by atoms with E-state index in [1.165, 1.54) is 0 Å². The highest BCUT2D eigenvalue weighted by atomic mass is 32.1. The molecule has 0 heterocycles. The van der Waals surface area contributed by atoms with Crippen LogP contribution in [0.2, 0.25) is 0 Å². The van der Waals surface area contributed by atoms with Crippen LogP contribution in [-0.4, -0.2) is 40.9 Å². The summed E-state index contributed by atoms with van der Waals surface area (Å²) in [6.07, 6.45) is -2.82. The second-order valence-corrected chi connectivity index (χ2v) is 6.71. The molecule has 0 spiro atoms. The smallest absolute Gasteiger partial charge is 0.405 e. The van der Waals surface area contributed by atoms with Crippen LogP contribution in [-0.2, 0) is 0 Å². The molecule has 0 aliphatic rings. The molecule has 0 aromatic heterocycles. The van der Waals surface area contributed by atoms with Crippen molar-refractivity contribution in [2.75, 3.05) is 13.2 Å². The van der Waals surface area contributed by atoms with Gasteiger partial charge in [-0.05, 0) is 63.2 Å². The van der Waals surface area contributed by atoms with Crippen LogP contribution in [0.4, 0.5) is 13.2 Å². The van der Waals surface area contributed by atoms with E-state index < -0.39 is 12.7 Å². The Kier molecular flexibility index (Phi) is 10.5.